The minimum Gasteiger partial charge on any atom is -0.370 e. The molecular weight excluding hydrogens is 284 g/mol. The number of anilines is 1. The van der Waals surface area contributed by atoms with Crippen LogP contribution < -0.4 is 10.6 Å². The van der Waals surface area contributed by atoms with E-state index in [1.807, 2.05) is 13.0 Å². The second-order valence-corrected chi connectivity index (χ2v) is 5.63. The summed E-state index contributed by atoms with van der Waals surface area (Å²) < 4.78 is 0. The van der Waals surface area contributed by atoms with Gasteiger partial charge in [0, 0.05) is 28.9 Å². The molecule has 0 spiro atoms. The number of hydrogen-bond acceptors (Lipinski definition) is 5. The monoisotopic (exact) mass is 304 g/mol. The Morgan fingerprint density at radius 1 is 1.33 bits per heavy atom. The quantitative estimate of drug-likeness (QED) is 0.825. The average Bonchev–Trinajstić information content (AvgIpc) is 3.03. The van der Waals surface area contributed by atoms with Crippen molar-refractivity contribution in [1.82, 2.24) is 15.3 Å². The Bertz CT molecular complexity index is 583. The van der Waals surface area contributed by atoms with E-state index in [1.165, 1.54) is 11.3 Å². The van der Waals surface area contributed by atoms with Crippen molar-refractivity contribution in [2.45, 2.75) is 33.2 Å². The van der Waals surface area contributed by atoms with Crippen LogP contribution in [0.25, 0.3) is 0 Å². The van der Waals surface area contributed by atoms with Crippen LogP contribution >= 0.6 is 11.3 Å². The summed E-state index contributed by atoms with van der Waals surface area (Å²) in [6, 6.07) is 3.65. The number of nitrogens with zero attached hydrogens (tertiary/aromatic N) is 2. The molecule has 2 aromatic rings. The van der Waals surface area contributed by atoms with Gasteiger partial charge < -0.3 is 10.6 Å². The molecule has 112 valence electrons. The Labute approximate surface area is 128 Å². The number of rotatable bonds is 7. The maximum atomic E-state index is 12.3. The van der Waals surface area contributed by atoms with Gasteiger partial charge in [0.05, 0.1) is 12.1 Å². The Hall–Kier alpha value is -1.95. The van der Waals surface area contributed by atoms with Crippen molar-refractivity contribution in [3.05, 3.63) is 40.0 Å². The van der Waals surface area contributed by atoms with Crippen molar-refractivity contribution in [2.24, 2.45) is 0 Å². The molecule has 21 heavy (non-hydrogen) atoms. The number of amides is 1. The Morgan fingerprint density at radius 2 is 2.19 bits per heavy atom. The Balaban J connectivity index is 2.07. The third kappa shape index (κ3) is 4.53. The lowest BCUT2D eigenvalue weighted by molar-refractivity contribution is 0.0951. The number of hydrogen-bond donors (Lipinski definition) is 2. The zero-order valence-corrected chi connectivity index (χ0v) is 13.2. The lowest BCUT2D eigenvalue weighted by Crippen LogP contribution is -2.23. The first-order chi connectivity index (χ1) is 10.2. The van der Waals surface area contributed by atoms with Crippen molar-refractivity contribution >= 4 is 23.1 Å². The Morgan fingerprint density at radius 3 is 2.86 bits per heavy atom. The SMILES string of the molecule is CCCNc1cc(C(=O)NCc2cncs2)cc(CC)n1. The van der Waals surface area contributed by atoms with Gasteiger partial charge in [-0.15, -0.1) is 11.3 Å². The number of carbonyl (C=O) groups is 1. The number of aromatic nitrogens is 2. The molecule has 2 rings (SSSR count). The summed E-state index contributed by atoms with van der Waals surface area (Å²) in [5.74, 6) is 0.680. The van der Waals surface area contributed by atoms with Gasteiger partial charge in [0.25, 0.3) is 5.91 Å². The van der Waals surface area contributed by atoms with Gasteiger partial charge in [-0.1, -0.05) is 13.8 Å². The predicted molar refractivity (Wildman–Crippen MR) is 85.7 cm³/mol. The number of pyridine rings is 1. The number of carbonyl (C=O) groups excluding carboxylic acids is 1. The molecule has 0 bridgehead atoms. The molecule has 6 heteroatoms. The van der Waals surface area contributed by atoms with Crippen LogP contribution in [-0.4, -0.2) is 22.4 Å². The van der Waals surface area contributed by atoms with Gasteiger partial charge in [-0.2, -0.15) is 0 Å². The van der Waals surface area contributed by atoms with E-state index in [4.69, 9.17) is 0 Å². The van der Waals surface area contributed by atoms with Crippen LogP contribution in [0.15, 0.2) is 23.8 Å². The minimum atomic E-state index is -0.0833. The molecular formula is C15H20N4OS. The van der Waals surface area contributed by atoms with Crippen LogP contribution in [0, 0.1) is 0 Å². The molecule has 0 atom stereocenters. The molecule has 2 heterocycles. The van der Waals surface area contributed by atoms with E-state index in [0.29, 0.717) is 12.1 Å². The van der Waals surface area contributed by atoms with E-state index >= 15 is 0 Å². The first-order valence-corrected chi connectivity index (χ1v) is 8.01. The summed E-state index contributed by atoms with van der Waals surface area (Å²) in [5, 5.41) is 6.15. The number of nitrogens with one attached hydrogen (secondary N) is 2. The summed E-state index contributed by atoms with van der Waals surface area (Å²) in [5.41, 5.74) is 3.32. The number of thiazole rings is 1. The zero-order valence-electron chi connectivity index (χ0n) is 12.3. The molecule has 0 fully saturated rings. The molecule has 0 saturated heterocycles. The molecule has 2 aromatic heterocycles. The molecule has 0 unspecified atom stereocenters. The molecule has 0 aromatic carbocycles. The van der Waals surface area contributed by atoms with Crippen molar-refractivity contribution in [3.63, 3.8) is 0 Å². The normalized spacial score (nSPS) is 10.4. The second kappa shape index (κ2) is 7.73. The highest BCUT2D eigenvalue weighted by Gasteiger charge is 2.09. The van der Waals surface area contributed by atoms with E-state index in [0.717, 1.165) is 35.8 Å². The van der Waals surface area contributed by atoms with E-state index in [2.05, 4.69) is 27.5 Å². The van der Waals surface area contributed by atoms with Crippen molar-refractivity contribution < 1.29 is 4.79 Å². The predicted octanol–water partition coefficient (Wildman–Crippen LogP) is 2.85. The lowest BCUT2D eigenvalue weighted by atomic mass is 10.2. The van der Waals surface area contributed by atoms with Gasteiger partial charge in [0.1, 0.15) is 5.82 Å². The summed E-state index contributed by atoms with van der Waals surface area (Å²) >= 11 is 1.53. The molecule has 0 aliphatic rings. The topological polar surface area (TPSA) is 66.9 Å². The van der Waals surface area contributed by atoms with Crippen molar-refractivity contribution in [1.29, 1.82) is 0 Å². The van der Waals surface area contributed by atoms with Gasteiger partial charge in [-0.25, -0.2) is 4.98 Å². The first kappa shape index (κ1) is 15.4. The molecule has 0 radical (unpaired) electrons. The highest BCUT2D eigenvalue weighted by molar-refractivity contribution is 7.09. The van der Waals surface area contributed by atoms with E-state index < -0.39 is 0 Å². The number of aryl methyl sites for hydroxylation is 1. The van der Waals surface area contributed by atoms with Crippen molar-refractivity contribution in [2.75, 3.05) is 11.9 Å². The smallest absolute Gasteiger partial charge is 0.251 e. The molecule has 0 aliphatic heterocycles. The molecule has 2 N–H and O–H groups in total. The highest BCUT2D eigenvalue weighted by atomic mass is 32.1. The van der Waals surface area contributed by atoms with Crippen LogP contribution in [0.4, 0.5) is 5.82 Å². The zero-order chi connectivity index (χ0) is 15.1. The minimum absolute atomic E-state index is 0.0833. The van der Waals surface area contributed by atoms with Gasteiger partial charge in [-0.3, -0.25) is 9.78 Å². The van der Waals surface area contributed by atoms with Crippen LogP contribution in [0.3, 0.4) is 0 Å². The lowest BCUT2D eigenvalue weighted by Gasteiger charge is -2.09. The molecule has 5 nitrogen and oxygen atoms in total. The van der Waals surface area contributed by atoms with Crippen LogP contribution in [-0.2, 0) is 13.0 Å². The third-order valence-corrected chi connectivity index (χ3v) is 3.75. The summed E-state index contributed by atoms with van der Waals surface area (Å²) in [7, 11) is 0. The fourth-order valence-electron chi connectivity index (χ4n) is 1.84. The van der Waals surface area contributed by atoms with E-state index in [-0.39, 0.29) is 5.91 Å². The van der Waals surface area contributed by atoms with Crippen LogP contribution in [0.5, 0.6) is 0 Å². The van der Waals surface area contributed by atoms with Gasteiger partial charge in [-0.05, 0) is 25.0 Å². The molecule has 1 amide bonds. The molecule has 0 saturated carbocycles. The van der Waals surface area contributed by atoms with Crippen molar-refractivity contribution in [3.8, 4) is 0 Å². The van der Waals surface area contributed by atoms with E-state index in [1.54, 1.807) is 17.8 Å². The molecule has 0 aliphatic carbocycles. The summed E-state index contributed by atoms with van der Waals surface area (Å²) in [6.07, 6.45) is 3.59. The van der Waals surface area contributed by atoms with Crippen LogP contribution in [0.2, 0.25) is 0 Å². The Kier molecular flexibility index (Phi) is 5.68. The maximum absolute atomic E-state index is 12.3. The summed E-state index contributed by atoms with van der Waals surface area (Å²) in [4.78, 5) is 21.8. The maximum Gasteiger partial charge on any atom is 0.251 e. The fourth-order valence-corrected chi connectivity index (χ4v) is 2.38. The largest absolute Gasteiger partial charge is 0.370 e. The van der Waals surface area contributed by atoms with Crippen LogP contribution in [0.1, 0.15) is 41.2 Å². The summed E-state index contributed by atoms with van der Waals surface area (Å²) in [6.45, 7) is 5.48. The first-order valence-electron chi connectivity index (χ1n) is 7.13. The van der Waals surface area contributed by atoms with Gasteiger partial charge >= 0.3 is 0 Å². The standard InChI is InChI=1S/C15H20N4OS/c1-3-5-17-14-7-11(6-12(4-2)19-14)15(20)18-9-13-8-16-10-21-13/h6-8,10H,3-5,9H2,1-2H3,(H,17,19)(H,18,20). The average molecular weight is 304 g/mol. The fraction of sp³-hybridized carbons (Fsp3) is 0.400. The van der Waals surface area contributed by atoms with Gasteiger partial charge in [0.2, 0.25) is 0 Å². The third-order valence-electron chi connectivity index (χ3n) is 2.97. The second-order valence-electron chi connectivity index (χ2n) is 4.66. The van der Waals surface area contributed by atoms with E-state index in [9.17, 15) is 4.79 Å². The highest BCUT2D eigenvalue weighted by Crippen LogP contribution is 2.12. The van der Waals surface area contributed by atoms with Gasteiger partial charge in [0.15, 0.2) is 0 Å².